The van der Waals surface area contributed by atoms with E-state index in [4.69, 9.17) is 0 Å². The monoisotopic (exact) mass is 460 g/mol. The van der Waals surface area contributed by atoms with Crippen LogP contribution in [0.5, 0.6) is 0 Å². The maximum Gasteiger partial charge on any atom is 0.208 e. The zero-order valence-corrected chi connectivity index (χ0v) is 18.0. The second-order valence-corrected chi connectivity index (χ2v) is 8.66. The van der Waals surface area contributed by atoms with Crippen LogP contribution in [0.25, 0.3) is 0 Å². The fourth-order valence-electron chi connectivity index (χ4n) is 3.04. The van der Waals surface area contributed by atoms with Gasteiger partial charge in [0.15, 0.2) is 5.96 Å². The molecule has 0 bridgehead atoms. The second-order valence-electron chi connectivity index (χ2n) is 6.82. The molecule has 0 aromatic rings. The predicted molar refractivity (Wildman–Crippen MR) is 108 cm³/mol. The highest BCUT2D eigenvalue weighted by Gasteiger charge is 2.37. The predicted octanol–water partition coefficient (Wildman–Crippen LogP) is 1.93. The third-order valence-corrected chi connectivity index (χ3v) is 4.85. The van der Waals surface area contributed by atoms with Gasteiger partial charge >= 0.3 is 0 Å². The lowest BCUT2D eigenvalue weighted by molar-refractivity contribution is 0.104. The van der Waals surface area contributed by atoms with Crippen LogP contribution in [0.1, 0.15) is 46.0 Å². The average molecular weight is 460 g/mol. The van der Waals surface area contributed by atoms with Crippen molar-refractivity contribution in [1.82, 2.24) is 15.4 Å². The first kappa shape index (κ1) is 22.9. The van der Waals surface area contributed by atoms with E-state index in [0.29, 0.717) is 18.5 Å². The van der Waals surface area contributed by atoms with Crippen LogP contribution in [0.4, 0.5) is 0 Å². The molecule has 0 saturated heterocycles. The summed E-state index contributed by atoms with van der Waals surface area (Å²) in [6.07, 6.45) is 7.09. The van der Waals surface area contributed by atoms with Crippen molar-refractivity contribution in [3.63, 3.8) is 0 Å². The van der Waals surface area contributed by atoms with Crippen LogP contribution in [0.3, 0.4) is 0 Å². The van der Waals surface area contributed by atoms with Crippen molar-refractivity contribution in [2.24, 2.45) is 16.3 Å². The highest BCUT2D eigenvalue weighted by Crippen LogP contribution is 2.45. The number of nitrogens with one attached hydrogen (secondary N) is 3. The molecule has 0 aliphatic heterocycles. The molecule has 1 saturated carbocycles. The summed E-state index contributed by atoms with van der Waals surface area (Å²) in [5.41, 5.74) is 0.434. The molecule has 23 heavy (non-hydrogen) atoms. The Kier molecular flexibility index (Phi) is 10.7. The standard InChI is InChI=1S/C15H32N4O2S.HI/c1-13(2)11-15(7-5-8-15)12-18-14(16-3)17-9-6-10-19-22(4,20)21;/h13,19H,5-12H2,1-4H3,(H2,16,17,18);1H. The molecular formula is C15H33IN4O2S. The fourth-order valence-corrected chi connectivity index (χ4v) is 3.56. The van der Waals surface area contributed by atoms with Gasteiger partial charge in [-0.1, -0.05) is 20.3 Å². The number of hydrogen-bond donors (Lipinski definition) is 3. The van der Waals surface area contributed by atoms with Crippen molar-refractivity contribution in [3.8, 4) is 0 Å². The molecule has 6 nitrogen and oxygen atoms in total. The topological polar surface area (TPSA) is 82.6 Å². The molecule has 0 aromatic carbocycles. The number of guanidine groups is 1. The van der Waals surface area contributed by atoms with Crippen molar-refractivity contribution in [1.29, 1.82) is 0 Å². The van der Waals surface area contributed by atoms with Crippen molar-refractivity contribution < 1.29 is 8.42 Å². The number of nitrogens with zero attached hydrogens (tertiary/aromatic N) is 1. The molecule has 3 N–H and O–H groups in total. The number of hydrogen-bond acceptors (Lipinski definition) is 3. The molecule has 1 fully saturated rings. The largest absolute Gasteiger partial charge is 0.356 e. The summed E-state index contributed by atoms with van der Waals surface area (Å²) in [5, 5.41) is 6.66. The van der Waals surface area contributed by atoms with Crippen LogP contribution in [0, 0.1) is 11.3 Å². The van der Waals surface area contributed by atoms with Gasteiger partial charge in [0.1, 0.15) is 0 Å². The molecule has 0 spiro atoms. The zero-order chi connectivity index (χ0) is 16.6. The van der Waals surface area contributed by atoms with E-state index in [-0.39, 0.29) is 24.0 Å². The Labute approximate surface area is 158 Å². The summed E-state index contributed by atoms with van der Waals surface area (Å²) in [5.74, 6) is 1.52. The Morgan fingerprint density at radius 1 is 1.22 bits per heavy atom. The molecule has 0 atom stereocenters. The highest BCUT2D eigenvalue weighted by molar-refractivity contribution is 14.0. The smallest absolute Gasteiger partial charge is 0.208 e. The SMILES string of the molecule is CN=C(NCCCNS(C)(=O)=O)NCC1(CC(C)C)CCC1.I. The van der Waals surface area contributed by atoms with E-state index in [1.807, 2.05) is 0 Å². The molecule has 138 valence electrons. The summed E-state index contributed by atoms with van der Waals surface area (Å²) in [6, 6.07) is 0. The first-order chi connectivity index (χ1) is 10.3. The number of halogens is 1. The van der Waals surface area contributed by atoms with E-state index < -0.39 is 10.0 Å². The van der Waals surface area contributed by atoms with Crippen LogP contribution in [-0.2, 0) is 10.0 Å². The van der Waals surface area contributed by atoms with E-state index >= 15 is 0 Å². The van der Waals surface area contributed by atoms with Gasteiger partial charge in [-0.2, -0.15) is 0 Å². The Balaban J connectivity index is 0.00000484. The Bertz CT molecular complexity index is 462. The van der Waals surface area contributed by atoms with Crippen molar-refractivity contribution in [2.75, 3.05) is 32.9 Å². The molecule has 1 aliphatic carbocycles. The van der Waals surface area contributed by atoms with Crippen molar-refractivity contribution >= 4 is 40.0 Å². The molecule has 0 aromatic heterocycles. The Morgan fingerprint density at radius 2 is 1.87 bits per heavy atom. The van der Waals surface area contributed by atoms with E-state index in [9.17, 15) is 8.42 Å². The fraction of sp³-hybridized carbons (Fsp3) is 0.933. The maximum absolute atomic E-state index is 11.0. The van der Waals surface area contributed by atoms with Crippen molar-refractivity contribution in [2.45, 2.75) is 46.0 Å². The minimum absolute atomic E-state index is 0. The minimum Gasteiger partial charge on any atom is -0.356 e. The quantitative estimate of drug-likeness (QED) is 0.213. The molecule has 8 heteroatoms. The van der Waals surface area contributed by atoms with Gasteiger partial charge in [0.25, 0.3) is 0 Å². The number of rotatable bonds is 9. The number of sulfonamides is 1. The van der Waals surface area contributed by atoms with E-state index in [1.54, 1.807) is 7.05 Å². The molecule has 1 aliphatic rings. The normalized spacial score (nSPS) is 17.3. The van der Waals surface area contributed by atoms with Gasteiger partial charge in [-0.05, 0) is 37.0 Å². The molecule has 0 heterocycles. The first-order valence-electron chi connectivity index (χ1n) is 8.15. The summed E-state index contributed by atoms with van der Waals surface area (Å²) in [4.78, 5) is 4.23. The maximum atomic E-state index is 11.0. The lowest BCUT2D eigenvalue weighted by atomic mass is 9.64. The van der Waals surface area contributed by atoms with Crippen LogP contribution in [0.15, 0.2) is 4.99 Å². The lowest BCUT2D eigenvalue weighted by Crippen LogP contribution is -2.47. The van der Waals surface area contributed by atoms with Gasteiger partial charge in [0.2, 0.25) is 10.0 Å². The highest BCUT2D eigenvalue weighted by atomic mass is 127. The van der Waals surface area contributed by atoms with E-state index in [2.05, 4.69) is 34.2 Å². The number of aliphatic imine (C=N–C) groups is 1. The minimum atomic E-state index is -3.09. The van der Waals surface area contributed by atoms with Crippen molar-refractivity contribution in [3.05, 3.63) is 0 Å². The Morgan fingerprint density at radius 3 is 2.30 bits per heavy atom. The van der Waals surface area contributed by atoms with Gasteiger partial charge in [0, 0.05) is 26.7 Å². The molecule has 1 rings (SSSR count). The van der Waals surface area contributed by atoms with Gasteiger partial charge in [-0.25, -0.2) is 13.1 Å². The van der Waals surface area contributed by atoms with Gasteiger partial charge in [0.05, 0.1) is 6.26 Å². The zero-order valence-electron chi connectivity index (χ0n) is 14.8. The van der Waals surface area contributed by atoms with E-state index in [1.165, 1.54) is 31.9 Å². The van der Waals surface area contributed by atoms with E-state index in [0.717, 1.165) is 24.8 Å². The molecule has 0 unspecified atom stereocenters. The Hall–Kier alpha value is -0.0900. The summed E-state index contributed by atoms with van der Waals surface area (Å²) in [7, 11) is -1.33. The summed E-state index contributed by atoms with van der Waals surface area (Å²) < 4.78 is 24.4. The molecule has 0 radical (unpaired) electrons. The van der Waals surface area contributed by atoms with Crippen LogP contribution in [-0.4, -0.2) is 47.3 Å². The lowest BCUT2D eigenvalue weighted by Gasteiger charge is -2.43. The van der Waals surface area contributed by atoms with Crippen LogP contribution >= 0.6 is 24.0 Å². The molecule has 0 amide bonds. The average Bonchev–Trinajstić information content (AvgIpc) is 2.36. The molecular weight excluding hydrogens is 427 g/mol. The van der Waals surface area contributed by atoms with Gasteiger partial charge in [-0.3, -0.25) is 4.99 Å². The van der Waals surface area contributed by atoms with Crippen LogP contribution < -0.4 is 15.4 Å². The third kappa shape index (κ3) is 9.71. The first-order valence-corrected chi connectivity index (χ1v) is 10.0. The van der Waals surface area contributed by atoms with Gasteiger partial charge < -0.3 is 10.6 Å². The van der Waals surface area contributed by atoms with Gasteiger partial charge in [-0.15, -0.1) is 24.0 Å². The summed E-state index contributed by atoms with van der Waals surface area (Å²) >= 11 is 0. The summed E-state index contributed by atoms with van der Waals surface area (Å²) in [6.45, 7) is 6.66. The second kappa shape index (κ2) is 10.7. The third-order valence-electron chi connectivity index (χ3n) is 4.12. The van der Waals surface area contributed by atoms with Crippen LogP contribution in [0.2, 0.25) is 0 Å².